The van der Waals surface area contributed by atoms with Crippen LogP contribution >= 0.6 is 11.8 Å². The van der Waals surface area contributed by atoms with Gasteiger partial charge in [0.25, 0.3) is 5.69 Å². The maximum Gasteiger partial charge on any atom is 0.408 e. The van der Waals surface area contributed by atoms with Gasteiger partial charge in [-0.1, -0.05) is 12.1 Å². The quantitative estimate of drug-likeness (QED) is 0.198. The van der Waals surface area contributed by atoms with Crippen molar-refractivity contribution in [3.8, 4) is 0 Å². The number of hydrogen-bond acceptors (Lipinski definition) is 10. The van der Waals surface area contributed by atoms with Crippen LogP contribution in [0.25, 0.3) is 0 Å². The summed E-state index contributed by atoms with van der Waals surface area (Å²) in [6.45, 7) is 4.84. The van der Waals surface area contributed by atoms with Crippen molar-refractivity contribution >= 4 is 47.2 Å². The third-order valence-electron chi connectivity index (χ3n) is 6.06. The van der Waals surface area contributed by atoms with Gasteiger partial charge in [-0.15, -0.1) is 0 Å². The Labute approximate surface area is 242 Å². The maximum absolute atomic E-state index is 13.0. The predicted octanol–water partition coefficient (Wildman–Crippen LogP) is 0.861. The van der Waals surface area contributed by atoms with Crippen molar-refractivity contribution in [1.82, 2.24) is 20.9 Å². The number of nitro groups is 1. The first-order valence-electron chi connectivity index (χ1n) is 13.1. The second kappa shape index (κ2) is 15.3. The molecule has 15 heteroatoms. The molecule has 1 fully saturated rings. The van der Waals surface area contributed by atoms with Gasteiger partial charge in [-0.25, -0.2) is 4.79 Å². The number of imide groups is 1. The van der Waals surface area contributed by atoms with Gasteiger partial charge in [-0.05, 0) is 64.0 Å². The fourth-order valence-electron chi connectivity index (χ4n) is 4.12. The molecule has 1 aromatic carbocycles. The van der Waals surface area contributed by atoms with Gasteiger partial charge in [0.05, 0.1) is 17.5 Å². The highest BCUT2D eigenvalue weighted by molar-refractivity contribution is 7.98. The third-order valence-corrected chi connectivity index (χ3v) is 6.71. The van der Waals surface area contributed by atoms with Crippen LogP contribution in [0.2, 0.25) is 0 Å². The first kappa shape index (κ1) is 33.5. The monoisotopic (exact) mass is 594 g/mol. The fraction of sp³-hybridized carbons (Fsp3) is 0.577. The topological polar surface area (TPSA) is 203 Å². The van der Waals surface area contributed by atoms with E-state index in [-0.39, 0.29) is 18.7 Å². The van der Waals surface area contributed by atoms with Gasteiger partial charge >= 0.3 is 6.09 Å². The number of amides is 5. The largest absolute Gasteiger partial charge is 0.444 e. The van der Waals surface area contributed by atoms with Gasteiger partial charge in [0, 0.05) is 18.7 Å². The number of ether oxygens (including phenoxy) is 1. The van der Waals surface area contributed by atoms with Gasteiger partial charge in [0.2, 0.25) is 23.6 Å². The highest BCUT2D eigenvalue weighted by Crippen LogP contribution is 2.20. The van der Waals surface area contributed by atoms with Gasteiger partial charge in [0.1, 0.15) is 17.7 Å². The molecule has 226 valence electrons. The van der Waals surface area contributed by atoms with Crippen LogP contribution in [0, 0.1) is 10.1 Å². The van der Waals surface area contributed by atoms with Crippen LogP contribution in [-0.2, 0) is 30.3 Å². The Balaban J connectivity index is 1.90. The van der Waals surface area contributed by atoms with E-state index < -0.39 is 64.9 Å². The zero-order valence-electron chi connectivity index (χ0n) is 23.6. The molecule has 1 aliphatic rings. The summed E-state index contributed by atoms with van der Waals surface area (Å²) in [6, 6.07) is 2.83. The molecule has 1 aliphatic heterocycles. The number of benzene rings is 1. The Kier molecular flexibility index (Phi) is 12.5. The Hall–Kier alpha value is -3.72. The molecule has 0 bridgehead atoms. The number of carbonyl (C=O) groups is 5. The second-order valence-electron chi connectivity index (χ2n) is 10.5. The summed E-state index contributed by atoms with van der Waals surface area (Å²) < 4.78 is 5.20. The molecular formula is C26H38N6O8S. The molecule has 0 aliphatic carbocycles. The lowest BCUT2D eigenvalue weighted by molar-refractivity contribution is -0.384. The average Bonchev–Trinajstić information content (AvgIpc) is 3.38. The lowest BCUT2D eigenvalue weighted by atomic mass is 10.0. The van der Waals surface area contributed by atoms with Crippen LogP contribution in [0.5, 0.6) is 0 Å². The van der Waals surface area contributed by atoms with Gasteiger partial charge in [-0.3, -0.25) is 34.6 Å². The number of nitrogens with one attached hydrogen (secondary N) is 3. The molecule has 5 N–H and O–H groups in total. The lowest BCUT2D eigenvalue weighted by Crippen LogP contribution is -2.54. The molecule has 1 saturated heterocycles. The van der Waals surface area contributed by atoms with E-state index in [0.717, 1.165) is 0 Å². The van der Waals surface area contributed by atoms with Crippen LogP contribution in [-0.4, -0.2) is 88.4 Å². The molecule has 3 atom stereocenters. The number of nitro benzene ring substituents is 1. The van der Waals surface area contributed by atoms with E-state index in [0.29, 0.717) is 30.6 Å². The fourth-order valence-corrected chi connectivity index (χ4v) is 4.59. The Morgan fingerprint density at radius 2 is 1.85 bits per heavy atom. The van der Waals surface area contributed by atoms with E-state index in [1.807, 2.05) is 6.26 Å². The zero-order chi connectivity index (χ0) is 30.7. The van der Waals surface area contributed by atoms with E-state index in [4.69, 9.17) is 10.5 Å². The Bertz CT molecular complexity index is 1120. The van der Waals surface area contributed by atoms with Gasteiger partial charge in [-0.2, -0.15) is 11.8 Å². The second-order valence-corrected chi connectivity index (χ2v) is 11.5. The van der Waals surface area contributed by atoms with Crippen LogP contribution in [0.1, 0.15) is 45.6 Å². The van der Waals surface area contributed by atoms with Crippen molar-refractivity contribution in [3.63, 3.8) is 0 Å². The van der Waals surface area contributed by atoms with E-state index in [1.54, 1.807) is 20.8 Å². The normalized spacial score (nSPS) is 16.3. The van der Waals surface area contributed by atoms with Crippen LogP contribution < -0.4 is 21.7 Å². The first-order valence-corrected chi connectivity index (χ1v) is 14.5. The molecule has 0 unspecified atom stereocenters. The molecule has 2 rings (SSSR count). The zero-order valence-corrected chi connectivity index (χ0v) is 24.5. The summed E-state index contributed by atoms with van der Waals surface area (Å²) in [5.41, 5.74) is 5.88. The molecule has 5 amide bonds. The van der Waals surface area contributed by atoms with Crippen molar-refractivity contribution in [1.29, 1.82) is 0 Å². The highest BCUT2D eigenvalue weighted by atomic mass is 32.2. The number of carbonyl (C=O) groups excluding carboxylic acids is 5. The van der Waals surface area contributed by atoms with Crippen LogP contribution in [0.4, 0.5) is 10.5 Å². The molecular weight excluding hydrogens is 556 g/mol. The number of thioether (sulfide) groups is 1. The smallest absolute Gasteiger partial charge is 0.408 e. The number of likely N-dealkylation sites (tertiary alicyclic amines) is 1. The van der Waals surface area contributed by atoms with Crippen LogP contribution in [0.15, 0.2) is 24.3 Å². The summed E-state index contributed by atoms with van der Waals surface area (Å²) in [4.78, 5) is 74.7. The predicted molar refractivity (Wildman–Crippen MR) is 152 cm³/mol. The molecule has 0 aromatic heterocycles. The number of nitrogens with two attached hydrogens (primary N) is 1. The van der Waals surface area contributed by atoms with E-state index >= 15 is 0 Å². The SMILES string of the molecule is CSCC[C@@H](NC(=O)OC(C)(C)C)C(=O)NCC(=O)NC(=O)[C@@H]1CCCN1C(=O)[C@@H](N)Cc1ccc([N+](=O)[O-])cc1. The summed E-state index contributed by atoms with van der Waals surface area (Å²) in [7, 11) is 0. The van der Waals surface area contributed by atoms with Crippen molar-refractivity contribution < 1.29 is 33.6 Å². The Morgan fingerprint density at radius 1 is 1.20 bits per heavy atom. The van der Waals surface area contributed by atoms with Crippen LogP contribution in [0.3, 0.4) is 0 Å². The molecule has 0 saturated carbocycles. The molecule has 41 heavy (non-hydrogen) atoms. The summed E-state index contributed by atoms with van der Waals surface area (Å²) in [5.74, 6) is -1.99. The highest BCUT2D eigenvalue weighted by Gasteiger charge is 2.37. The standard InChI is InChI=1S/C26H38N6O8S/c1-26(2,3)40-25(37)29-19(11-13-41-4)22(34)28-15-21(33)30-23(35)20-6-5-12-31(20)24(36)18(27)14-16-7-9-17(10-8-16)32(38)39/h7-10,18-20H,5-6,11-15,27H2,1-4H3,(H,28,34)(H,29,37)(H,30,33,35)/t18-,19+,20-/m0/s1. The number of rotatable bonds is 12. The molecule has 14 nitrogen and oxygen atoms in total. The van der Waals surface area contributed by atoms with Crippen molar-refractivity contribution in [3.05, 3.63) is 39.9 Å². The number of non-ortho nitro benzene ring substituents is 1. The number of hydrogen-bond donors (Lipinski definition) is 4. The minimum Gasteiger partial charge on any atom is -0.444 e. The number of nitrogens with zero attached hydrogens (tertiary/aromatic N) is 2. The minimum absolute atomic E-state index is 0.0828. The number of alkyl carbamates (subject to hydrolysis) is 1. The third kappa shape index (κ3) is 11.0. The molecule has 0 spiro atoms. The molecule has 1 aromatic rings. The van der Waals surface area contributed by atoms with Crippen molar-refractivity contribution in [2.45, 2.75) is 70.2 Å². The summed E-state index contributed by atoms with van der Waals surface area (Å²) >= 11 is 1.48. The minimum atomic E-state index is -0.990. The lowest BCUT2D eigenvalue weighted by Gasteiger charge is -2.26. The maximum atomic E-state index is 13.0. The summed E-state index contributed by atoms with van der Waals surface area (Å²) in [5, 5.41) is 18.0. The van der Waals surface area contributed by atoms with E-state index in [2.05, 4.69) is 16.0 Å². The molecule has 1 heterocycles. The summed E-state index contributed by atoms with van der Waals surface area (Å²) in [6.07, 6.45) is 2.36. The van der Waals surface area contributed by atoms with Gasteiger partial charge < -0.3 is 26.0 Å². The Morgan fingerprint density at radius 3 is 2.44 bits per heavy atom. The van der Waals surface area contributed by atoms with Crippen molar-refractivity contribution in [2.24, 2.45) is 5.73 Å². The molecule has 0 radical (unpaired) electrons. The van der Waals surface area contributed by atoms with Crippen molar-refractivity contribution in [2.75, 3.05) is 25.1 Å². The average molecular weight is 595 g/mol. The first-order chi connectivity index (χ1) is 19.2. The van der Waals surface area contributed by atoms with E-state index in [9.17, 15) is 34.1 Å². The van der Waals surface area contributed by atoms with E-state index in [1.165, 1.54) is 40.9 Å². The van der Waals surface area contributed by atoms with Gasteiger partial charge in [0.15, 0.2) is 0 Å².